The number of nitrogens with zero attached hydrogens (tertiary/aromatic N) is 2. The highest BCUT2D eigenvalue weighted by molar-refractivity contribution is 7.22. The molecule has 3 rings (SSSR count). The molecule has 0 aliphatic carbocycles. The van der Waals surface area contributed by atoms with Gasteiger partial charge in [0.15, 0.2) is 0 Å². The molecule has 3 aromatic heterocycles. The van der Waals surface area contributed by atoms with Gasteiger partial charge in [-0.1, -0.05) is 11.6 Å². The number of fused-ring (bicyclic) bond motifs is 1. The summed E-state index contributed by atoms with van der Waals surface area (Å²) in [5, 5.41) is 3.41. The summed E-state index contributed by atoms with van der Waals surface area (Å²) >= 11 is 7.35. The summed E-state index contributed by atoms with van der Waals surface area (Å²) in [5.74, 6) is -0.772. The third-order valence-corrected chi connectivity index (χ3v) is 4.07. The Labute approximate surface area is 128 Å². The molecule has 1 N–H and O–H groups in total. The molecule has 0 saturated carbocycles. The normalized spacial score (nSPS) is 10.8. The van der Waals surface area contributed by atoms with Crippen LogP contribution in [0.2, 0.25) is 4.34 Å². The van der Waals surface area contributed by atoms with Crippen molar-refractivity contribution in [3.05, 3.63) is 58.2 Å². The number of rotatable bonds is 3. The van der Waals surface area contributed by atoms with E-state index in [2.05, 4.69) is 15.3 Å². The smallest absolute Gasteiger partial charge is 0.270 e. The van der Waals surface area contributed by atoms with Crippen molar-refractivity contribution >= 4 is 38.9 Å². The molecular formula is C14H9ClFN3OS. The number of halogens is 2. The van der Waals surface area contributed by atoms with Crippen LogP contribution >= 0.6 is 22.9 Å². The van der Waals surface area contributed by atoms with Crippen LogP contribution in [0.3, 0.4) is 0 Å². The van der Waals surface area contributed by atoms with E-state index in [0.717, 1.165) is 10.9 Å². The van der Waals surface area contributed by atoms with Crippen LogP contribution in [0, 0.1) is 5.82 Å². The van der Waals surface area contributed by atoms with Crippen LogP contribution in [0.4, 0.5) is 4.39 Å². The number of nitrogens with one attached hydrogen (secondary N) is 1. The summed E-state index contributed by atoms with van der Waals surface area (Å²) in [6.07, 6.45) is 4.17. The molecule has 0 aliphatic heterocycles. The van der Waals surface area contributed by atoms with Gasteiger partial charge in [0.25, 0.3) is 5.91 Å². The minimum atomic E-state index is -0.438. The van der Waals surface area contributed by atoms with E-state index in [1.54, 1.807) is 18.3 Å². The second-order valence-corrected chi connectivity index (χ2v) is 6.03. The van der Waals surface area contributed by atoms with Crippen molar-refractivity contribution in [1.82, 2.24) is 15.3 Å². The fourth-order valence-corrected chi connectivity index (χ4v) is 3.07. The zero-order valence-electron chi connectivity index (χ0n) is 10.6. The lowest BCUT2D eigenvalue weighted by molar-refractivity contribution is 0.0947. The van der Waals surface area contributed by atoms with Crippen molar-refractivity contribution < 1.29 is 9.18 Å². The molecule has 0 spiro atoms. The number of thiophene rings is 1. The predicted molar refractivity (Wildman–Crippen MR) is 80.0 cm³/mol. The first-order chi connectivity index (χ1) is 10.1. The molecule has 3 heterocycles. The highest BCUT2D eigenvalue weighted by Gasteiger charge is 2.13. The monoisotopic (exact) mass is 321 g/mol. The van der Waals surface area contributed by atoms with Crippen molar-refractivity contribution in [2.75, 3.05) is 0 Å². The zero-order valence-corrected chi connectivity index (χ0v) is 12.2. The Kier molecular flexibility index (Phi) is 3.81. The Balaban J connectivity index is 1.81. The van der Waals surface area contributed by atoms with Gasteiger partial charge in [0.2, 0.25) is 0 Å². The standard InChI is InChI=1S/C14H9ClFN3OS/c15-12-4-10-11(21-12)1-2-18-13(10)14(20)19-6-8-3-9(16)7-17-5-8/h1-5,7H,6H2,(H,19,20). The number of carbonyl (C=O) groups is 1. The van der Waals surface area contributed by atoms with Crippen molar-refractivity contribution in [1.29, 1.82) is 0 Å². The molecule has 106 valence electrons. The molecule has 0 unspecified atom stereocenters. The Morgan fingerprint density at radius 3 is 3.05 bits per heavy atom. The fourth-order valence-electron chi connectivity index (χ4n) is 1.93. The van der Waals surface area contributed by atoms with Crippen molar-refractivity contribution in [3.63, 3.8) is 0 Å². The van der Waals surface area contributed by atoms with E-state index in [1.165, 1.54) is 23.6 Å². The third-order valence-electron chi connectivity index (χ3n) is 2.85. The Morgan fingerprint density at radius 2 is 2.24 bits per heavy atom. The number of pyridine rings is 2. The van der Waals surface area contributed by atoms with Gasteiger partial charge in [0.05, 0.1) is 10.5 Å². The lowest BCUT2D eigenvalue weighted by Crippen LogP contribution is -2.24. The maximum absolute atomic E-state index is 13.0. The maximum Gasteiger partial charge on any atom is 0.270 e. The van der Waals surface area contributed by atoms with Gasteiger partial charge in [-0.2, -0.15) is 0 Å². The van der Waals surface area contributed by atoms with Crippen molar-refractivity contribution in [3.8, 4) is 0 Å². The van der Waals surface area contributed by atoms with Crippen LogP contribution in [0.15, 0.2) is 36.8 Å². The topological polar surface area (TPSA) is 54.9 Å². The Hall–Kier alpha value is -2.05. The fraction of sp³-hybridized carbons (Fsp3) is 0.0714. The van der Waals surface area contributed by atoms with Crippen LogP contribution < -0.4 is 5.32 Å². The van der Waals surface area contributed by atoms with Gasteiger partial charge in [0, 0.05) is 29.0 Å². The van der Waals surface area contributed by atoms with Gasteiger partial charge in [-0.25, -0.2) is 4.39 Å². The number of hydrogen-bond acceptors (Lipinski definition) is 4. The summed E-state index contributed by atoms with van der Waals surface area (Å²) in [4.78, 5) is 20.0. The van der Waals surface area contributed by atoms with E-state index in [9.17, 15) is 9.18 Å². The van der Waals surface area contributed by atoms with Crippen LogP contribution in [-0.4, -0.2) is 15.9 Å². The van der Waals surface area contributed by atoms with E-state index in [-0.39, 0.29) is 12.5 Å². The molecule has 0 aliphatic rings. The average Bonchev–Trinajstić information content (AvgIpc) is 2.84. The number of hydrogen-bond donors (Lipinski definition) is 1. The van der Waals surface area contributed by atoms with Gasteiger partial charge < -0.3 is 5.32 Å². The zero-order chi connectivity index (χ0) is 14.8. The van der Waals surface area contributed by atoms with E-state index >= 15 is 0 Å². The molecule has 0 atom stereocenters. The molecule has 0 radical (unpaired) electrons. The number of carbonyl (C=O) groups excluding carboxylic acids is 1. The average molecular weight is 322 g/mol. The van der Waals surface area contributed by atoms with Gasteiger partial charge in [-0.05, 0) is 23.8 Å². The molecule has 21 heavy (non-hydrogen) atoms. The SMILES string of the molecule is O=C(NCc1cncc(F)c1)c1nccc2sc(Cl)cc12. The summed E-state index contributed by atoms with van der Waals surface area (Å²) in [5.41, 5.74) is 0.888. The summed E-state index contributed by atoms with van der Waals surface area (Å²) in [6, 6.07) is 4.84. The van der Waals surface area contributed by atoms with E-state index in [1.807, 2.05) is 0 Å². The summed E-state index contributed by atoms with van der Waals surface area (Å²) < 4.78 is 14.5. The molecule has 0 bridgehead atoms. The van der Waals surface area contributed by atoms with E-state index < -0.39 is 5.82 Å². The van der Waals surface area contributed by atoms with Crippen molar-refractivity contribution in [2.24, 2.45) is 0 Å². The molecule has 0 saturated heterocycles. The minimum absolute atomic E-state index is 0.180. The number of aromatic nitrogens is 2. The van der Waals surface area contributed by atoms with Crippen LogP contribution in [0.25, 0.3) is 10.1 Å². The first kappa shape index (κ1) is 13.9. The largest absolute Gasteiger partial charge is 0.347 e. The van der Waals surface area contributed by atoms with E-state index in [0.29, 0.717) is 21.0 Å². The molecule has 1 amide bonds. The van der Waals surface area contributed by atoms with Crippen molar-refractivity contribution in [2.45, 2.75) is 6.54 Å². The van der Waals surface area contributed by atoms with Gasteiger partial charge in [-0.3, -0.25) is 14.8 Å². The summed E-state index contributed by atoms with van der Waals surface area (Å²) in [6.45, 7) is 0.180. The predicted octanol–water partition coefficient (Wildman–Crippen LogP) is 3.41. The van der Waals surface area contributed by atoms with Gasteiger partial charge >= 0.3 is 0 Å². The highest BCUT2D eigenvalue weighted by Crippen LogP contribution is 2.30. The first-order valence-electron chi connectivity index (χ1n) is 6.05. The van der Waals surface area contributed by atoms with Crippen LogP contribution in [0.1, 0.15) is 16.1 Å². The molecule has 4 nitrogen and oxygen atoms in total. The second-order valence-electron chi connectivity index (χ2n) is 4.32. The Bertz CT molecular complexity index is 821. The molecular weight excluding hydrogens is 313 g/mol. The Morgan fingerprint density at radius 1 is 1.38 bits per heavy atom. The molecule has 0 aromatic carbocycles. The minimum Gasteiger partial charge on any atom is -0.347 e. The quantitative estimate of drug-likeness (QED) is 0.804. The second kappa shape index (κ2) is 5.75. The first-order valence-corrected chi connectivity index (χ1v) is 7.24. The number of amides is 1. The molecule has 3 aromatic rings. The van der Waals surface area contributed by atoms with Crippen LogP contribution in [0.5, 0.6) is 0 Å². The molecule has 7 heteroatoms. The van der Waals surface area contributed by atoms with Gasteiger partial charge in [-0.15, -0.1) is 11.3 Å². The third kappa shape index (κ3) is 3.01. The maximum atomic E-state index is 13.0. The highest BCUT2D eigenvalue weighted by atomic mass is 35.5. The van der Waals surface area contributed by atoms with E-state index in [4.69, 9.17) is 11.6 Å². The van der Waals surface area contributed by atoms with Gasteiger partial charge in [0.1, 0.15) is 11.5 Å². The lowest BCUT2D eigenvalue weighted by Gasteiger charge is -2.05. The molecule has 0 fully saturated rings. The van der Waals surface area contributed by atoms with Crippen LogP contribution in [-0.2, 0) is 6.54 Å². The lowest BCUT2D eigenvalue weighted by atomic mass is 10.2. The summed E-state index contributed by atoms with van der Waals surface area (Å²) in [7, 11) is 0.